The molecule has 0 saturated heterocycles. The van der Waals surface area contributed by atoms with Gasteiger partial charge in [-0.25, -0.2) is 13.8 Å². The number of carboxylic acid groups (broad SMARTS) is 1. The molecule has 36 heavy (non-hydrogen) atoms. The summed E-state index contributed by atoms with van der Waals surface area (Å²) >= 11 is 0. The molecule has 1 heterocycles. The number of carboxylic acids is 1. The fraction of sp³-hybridized carbons (Fsp3) is 0.261. The minimum atomic E-state index is -1.89. The smallest absolute Gasteiger partial charge is 0.305 e. The lowest BCUT2D eigenvalue weighted by Crippen LogP contribution is -2.46. The number of fused-ring (bicyclic) bond motifs is 1. The predicted molar refractivity (Wildman–Crippen MR) is 118 cm³/mol. The van der Waals surface area contributed by atoms with Crippen LogP contribution in [-0.4, -0.2) is 45.0 Å². The summed E-state index contributed by atoms with van der Waals surface area (Å²) in [5.41, 5.74) is -0.183. The van der Waals surface area contributed by atoms with Crippen molar-refractivity contribution in [3.63, 3.8) is 0 Å². The van der Waals surface area contributed by atoms with Crippen LogP contribution in [0, 0.1) is 23.3 Å². The summed E-state index contributed by atoms with van der Waals surface area (Å²) in [6.07, 6.45) is 0.146. The van der Waals surface area contributed by atoms with Gasteiger partial charge in [-0.1, -0.05) is 26.0 Å². The molecule has 0 radical (unpaired) electrons. The summed E-state index contributed by atoms with van der Waals surface area (Å²) in [6.45, 7) is 2.16. The highest BCUT2D eigenvalue weighted by Crippen LogP contribution is 2.26. The number of para-hydroxylation sites is 1. The molecule has 0 saturated carbocycles. The number of ether oxygens (including phenoxy) is 1. The van der Waals surface area contributed by atoms with E-state index in [1.807, 2.05) is 13.8 Å². The maximum absolute atomic E-state index is 13.7. The van der Waals surface area contributed by atoms with Crippen LogP contribution >= 0.6 is 0 Å². The molecule has 2 aromatic carbocycles. The van der Waals surface area contributed by atoms with Crippen LogP contribution in [0.5, 0.6) is 5.75 Å². The van der Waals surface area contributed by atoms with Crippen molar-refractivity contribution >= 4 is 28.6 Å². The summed E-state index contributed by atoms with van der Waals surface area (Å²) in [4.78, 5) is 52.3. The van der Waals surface area contributed by atoms with Gasteiger partial charge in [-0.3, -0.25) is 23.7 Å². The Labute approximate surface area is 201 Å². The summed E-state index contributed by atoms with van der Waals surface area (Å²) in [7, 11) is 0. The van der Waals surface area contributed by atoms with Gasteiger partial charge in [0.25, 0.3) is 5.56 Å². The van der Waals surface area contributed by atoms with E-state index in [1.165, 1.54) is 6.07 Å². The van der Waals surface area contributed by atoms with Crippen molar-refractivity contribution in [2.75, 3.05) is 6.61 Å². The highest BCUT2D eigenvalue weighted by molar-refractivity contribution is 5.92. The Kier molecular flexibility index (Phi) is 9.65. The van der Waals surface area contributed by atoms with Gasteiger partial charge in [0.1, 0.15) is 19.2 Å². The number of ketones is 1. The number of nitrogens with zero attached hydrogens (tertiary/aromatic N) is 2. The Balaban J connectivity index is 0.00000222. The number of Topliss-reactive ketones (excluding diaryl/α,β-unsaturated/α-hetero) is 1. The van der Waals surface area contributed by atoms with E-state index in [2.05, 4.69) is 15.0 Å². The van der Waals surface area contributed by atoms with Crippen LogP contribution in [0.1, 0.15) is 20.3 Å². The Morgan fingerprint density at radius 3 is 2.31 bits per heavy atom. The van der Waals surface area contributed by atoms with Crippen molar-refractivity contribution in [2.45, 2.75) is 32.9 Å². The highest BCUT2D eigenvalue weighted by Gasteiger charge is 2.27. The number of hydrogen-bond donors (Lipinski definition) is 2. The number of carbonyl (C=O) groups excluding carboxylic acids is 2. The van der Waals surface area contributed by atoms with Crippen molar-refractivity contribution in [1.29, 1.82) is 0 Å². The first-order valence-corrected chi connectivity index (χ1v) is 10.5. The number of amides is 1. The number of aromatic nitrogens is 2. The maximum Gasteiger partial charge on any atom is 0.305 e. The molecule has 3 rings (SSSR count). The van der Waals surface area contributed by atoms with Crippen LogP contribution in [-0.2, 0) is 20.9 Å². The van der Waals surface area contributed by atoms with E-state index in [4.69, 9.17) is 5.11 Å². The molecule has 13 heteroatoms. The van der Waals surface area contributed by atoms with Crippen LogP contribution in [0.25, 0.3) is 10.9 Å². The number of hydrogen-bond acceptors (Lipinski definition) is 6. The summed E-state index contributed by atoms with van der Waals surface area (Å²) in [5.74, 6) is -12.5. The number of aliphatic carboxylic acids is 1. The third-order valence-corrected chi connectivity index (χ3v) is 4.58. The molecule has 2 N–H and O–H groups in total. The largest absolute Gasteiger partial charge is 0.481 e. The lowest BCUT2D eigenvalue weighted by molar-refractivity contribution is -0.140. The molecular formula is C23H21F4N3O6. The second-order valence-electron chi connectivity index (χ2n) is 6.97. The van der Waals surface area contributed by atoms with Gasteiger partial charge in [0.05, 0.1) is 23.7 Å². The highest BCUT2D eigenvalue weighted by atomic mass is 19.2. The maximum atomic E-state index is 13.7. The van der Waals surface area contributed by atoms with E-state index in [0.717, 1.165) is 10.9 Å². The summed E-state index contributed by atoms with van der Waals surface area (Å²) < 4.78 is 59.4. The Bertz CT molecular complexity index is 1320. The minimum Gasteiger partial charge on any atom is -0.481 e. The molecule has 1 unspecified atom stereocenters. The van der Waals surface area contributed by atoms with Crippen LogP contribution in [0.15, 0.2) is 41.5 Å². The fourth-order valence-electron chi connectivity index (χ4n) is 2.96. The fourth-order valence-corrected chi connectivity index (χ4v) is 2.96. The summed E-state index contributed by atoms with van der Waals surface area (Å²) in [5, 5.41) is 11.3. The third kappa shape index (κ3) is 6.64. The van der Waals surface area contributed by atoms with Gasteiger partial charge < -0.3 is 15.2 Å². The molecule has 0 aliphatic rings. The van der Waals surface area contributed by atoms with E-state index in [0.29, 0.717) is 5.52 Å². The zero-order valence-electron chi connectivity index (χ0n) is 19.1. The van der Waals surface area contributed by atoms with Crippen LogP contribution < -0.4 is 15.6 Å². The molecule has 1 amide bonds. The standard InChI is InChI=1S/C21H15F4N3O6.C2H6/c22-11-5-12(23)19(25)20(18(11)24)34-8-15(29)14(6-17(31)32)27-16(30)7-28-9-26-13-4-2-1-3-10(13)21(28)33;1-2/h1-5,9,14H,6-8H2,(H,27,30)(H,31,32);1-2H3. The van der Waals surface area contributed by atoms with Gasteiger partial charge >= 0.3 is 5.97 Å². The number of nitrogens with one attached hydrogen (secondary N) is 1. The first kappa shape index (κ1) is 28.0. The van der Waals surface area contributed by atoms with E-state index in [-0.39, 0.29) is 11.5 Å². The number of halogens is 4. The number of rotatable bonds is 9. The lowest BCUT2D eigenvalue weighted by Gasteiger charge is -2.17. The molecule has 3 aromatic rings. The molecular weight excluding hydrogens is 490 g/mol. The van der Waals surface area contributed by atoms with Crippen LogP contribution in [0.2, 0.25) is 0 Å². The zero-order chi connectivity index (χ0) is 27.0. The second-order valence-corrected chi connectivity index (χ2v) is 6.97. The van der Waals surface area contributed by atoms with Crippen molar-refractivity contribution in [3.8, 4) is 5.75 Å². The van der Waals surface area contributed by atoms with Crippen molar-refractivity contribution < 1.29 is 41.8 Å². The molecule has 0 aliphatic heterocycles. The monoisotopic (exact) mass is 511 g/mol. The number of benzene rings is 2. The van der Waals surface area contributed by atoms with Gasteiger partial charge in [-0.2, -0.15) is 8.78 Å². The first-order chi connectivity index (χ1) is 17.1. The van der Waals surface area contributed by atoms with Gasteiger partial charge in [0, 0.05) is 6.07 Å². The van der Waals surface area contributed by atoms with Gasteiger partial charge in [0.2, 0.25) is 17.5 Å². The molecule has 1 atom stereocenters. The zero-order valence-corrected chi connectivity index (χ0v) is 19.1. The molecule has 0 fully saturated rings. The van der Waals surface area contributed by atoms with Gasteiger partial charge in [-0.05, 0) is 12.1 Å². The van der Waals surface area contributed by atoms with Crippen molar-refractivity contribution in [3.05, 3.63) is 70.3 Å². The van der Waals surface area contributed by atoms with Crippen LogP contribution in [0.3, 0.4) is 0 Å². The first-order valence-electron chi connectivity index (χ1n) is 10.5. The third-order valence-electron chi connectivity index (χ3n) is 4.58. The molecule has 0 aliphatic carbocycles. The normalized spacial score (nSPS) is 11.3. The van der Waals surface area contributed by atoms with Crippen molar-refractivity contribution in [1.82, 2.24) is 14.9 Å². The lowest BCUT2D eigenvalue weighted by atomic mass is 10.1. The number of carbonyl (C=O) groups is 3. The van der Waals surface area contributed by atoms with E-state index < -0.39 is 77.9 Å². The van der Waals surface area contributed by atoms with E-state index in [9.17, 15) is 36.7 Å². The predicted octanol–water partition coefficient (Wildman–Crippen LogP) is 2.59. The Morgan fingerprint density at radius 2 is 1.69 bits per heavy atom. The molecule has 1 aromatic heterocycles. The second kappa shape index (κ2) is 12.4. The average Bonchev–Trinajstić information content (AvgIpc) is 2.85. The Morgan fingerprint density at radius 1 is 1.08 bits per heavy atom. The van der Waals surface area contributed by atoms with Gasteiger partial charge in [-0.15, -0.1) is 0 Å². The SMILES string of the molecule is CC.O=C(O)CC(NC(=O)Cn1cnc2ccccc2c1=O)C(=O)COc1c(F)c(F)cc(F)c1F. The van der Waals surface area contributed by atoms with E-state index in [1.54, 1.807) is 18.2 Å². The Hall–Kier alpha value is -4.29. The molecule has 0 bridgehead atoms. The molecule has 192 valence electrons. The van der Waals surface area contributed by atoms with E-state index >= 15 is 0 Å². The van der Waals surface area contributed by atoms with Crippen molar-refractivity contribution in [2.24, 2.45) is 0 Å². The van der Waals surface area contributed by atoms with Gasteiger partial charge in [0.15, 0.2) is 23.2 Å². The molecule has 0 spiro atoms. The minimum absolute atomic E-state index is 0.0591. The summed E-state index contributed by atoms with van der Waals surface area (Å²) in [6, 6.07) is 4.52. The molecule has 9 nitrogen and oxygen atoms in total. The van der Waals surface area contributed by atoms with Crippen LogP contribution in [0.4, 0.5) is 17.6 Å². The quantitative estimate of drug-likeness (QED) is 0.334. The topological polar surface area (TPSA) is 128 Å². The average molecular weight is 511 g/mol.